The highest BCUT2D eigenvalue weighted by Crippen LogP contribution is 2.13. The molecule has 0 aliphatic carbocycles. The SMILES string of the molecule is CC(CCc1ccccc1)N(CCN)Cc1ccccc1. The average Bonchev–Trinajstić information content (AvgIpc) is 2.54. The van der Waals surface area contributed by atoms with Gasteiger partial charge in [-0.05, 0) is 30.9 Å². The first-order valence-corrected chi connectivity index (χ1v) is 7.81. The van der Waals surface area contributed by atoms with Crippen LogP contribution in [0, 0.1) is 0 Å². The van der Waals surface area contributed by atoms with Gasteiger partial charge in [0.15, 0.2) is 0 Å². The first-order valence-electron chi connectivity index (χ1n) is 7.81. The van der Waals surface area contributed by atoms with Crippen LogP contribution >= 0.6 is 0 Å². The fourth-order valence-corrected chi connectivity index (χ4v) is 2.64. The summed E-state index contributed by atoms with van der Waals surface area (Å²) in [6, 6.07) is 21.9. The zero-order valence-corrected chi connectivity index (χ0v) is 12.9. The van der Waals surface area contributed by atoms with E-state index in [0.717, 1.165) is 25.9 Å². The average molecular weight is 282 g/mol. The molecular formula is C19H26N2. The summed E-state index contributed by atoms with van der Waals surface area (Å²) in [7, 11) is 0. The van der Waals surface area contributed by atoms with E-state index in [-0.39, 0.29) is 0 Å². The maximum Gasteiger partial charge on any atom is 0.0237 e. The highest BCUT2D eigenvalue weighted by atomic mass is 15.2. The summed E-state index contributed by atoms with van der Waals surface area (Å²) in [5, 5.41) is 0. The maximum absolute atomic E-state index is 5.79. The molecule has 1 atom stereocenters. The van der Waals surface area contributed by atoms with Gasteiger partial charge in [-0.15, -0.1) is 0 Å². The zero-order valence-electron chi connectivity index (χ0n) is 12.9. The lowest BCUT2D eigenvalue weighted by molar-refractivity contribution is 0.196. The first-order chi connectivity index (χ1) is 10.3. The lowest BCUT2D eigenvalue weighted by atomic mass is 10.0. The molecule has 0 aliphatic rings. The van der Waals surface area contributed by atoms with E-state index in [4.69, 9.17) is 5.73 Å². The molecule has 0 fully saturated rings. The number of benzene rings is 2. The van der Waals surface area contributed by atoms with E-state index >= 15 is 0 Å². The van der Waals surface area contributed by atoms with Gasteiger partial charge in [0.25, 0.3) is 0 Å². The van der Waals surface area contributed by atoms with Crippen molar-refractivity contribution in [1.29, 1.82) is 0 Å². The van der Waals surface area contributed by atoms with E-state index in [1.165, 1.54) is 11.1 Å². The minimum Gasteiger partial charge on any atom is -0.329 e. The topological polar surface area (TPSA) is 29.3 Å². The van der Waals surface area contributed by atoms with Crippen LogP contribution in [0.15, 0.2) is 60.7 Å². The van der Waals surface area contributed by atoms with E-state index in [1.54, 1.807) is 0 Å². The number of nitrogens with zero attached hydrogens (tertiary/aromatic N) is 1. The molecule has 2 aromatic rings. The molecule has 2 heteroatoms. The van der Waals surface area contributed by atoms with Gasteiger partial charge in [0, 0.05) is 25.7 Å². The summed E-state index contributed by atoms with van der Waals surface area (Å²) in [6.07, 6.45) is 2.29. The molecule has 2 N–H and O–H groups in total. The molecule has 0 saturated heterocycles. The highest BCUT2D eigenvalue weighted by Gasteiger charge is 2.13. The molecule has 2 rings (SSSR count). The molecule has 2 aromatic carbocycles. The lowest BCUT2D eigenvalue weighted by Gasteiger charge is -2.29. The van der Waals surface area contributed by atoms with Gasteiger partial charge < -0.3 is 5.73 Å². The molecule has 1 unspecified atom stereocenters. The molecule has 0 heterocycles. The third-order valence-corrected chi connectivity index (χ3v) is 3.96. The van der Waals surface area contributed by atoms with E-state index in [1.807, 2.05) is 0 Å². The van der Waals surface area contributed by atoms with Crippen molar-refractivity contribution < 1.29 is 0 Å². The molecule has 0 aromatic heterocycles. The number of nitrogens with two attached hydrogens (primary N) is 1. The molecule has 0 radical (unpaired) electrons. The Bertz CT molecular complexity index is 495. The van der Waals surface area contributed by atoms with Gasteiger partial charge in [-0.1, -0.05) is 60.7 Å². The summed E-state index contributed by atoms with van der Waals surface area (Å²) >= 11 is 0. The van der Waals surface area contributed by atoms with Crippen LogP contribution in [0.25, 0.3) is 0 Å². The second-order valence-electron chi connectivity index (χ2n) is 5.62. The predicted octanol–water partition coefficient (Wildman–Crippen LogP) is 3.47. The normalized spacial score (nSPS) is 12.5. The monoisotopic (exact) mass is 282 g/mol. The van der Waals surface area contributed by atoms with Crippen molar-refractivity contribution in [3.8, 4) is 0 Å². The Hall–Kier alpha value is -1.64. The standard InChI is InChI=1S/C19H26N2/c1-17(12-13-18-8-4-2-5-9-18)21(15-14-20)16-19-10-6-3-7-11-19/h2-11,17H,12-16,20H2,1H3. The van der Waals surface area contributed by atoms with Crippen LogP contribution < -0.4 is 5.73 Å². The zero-order chi connectivity index (χ0) is 14.9. The van der Waals surface area contributed by atoms with E-state index in [2.05, 4.69) is 72.5 Å². The summed E-state index contributed by atoms with van der Waals surface area (Å²) in [4.78, 5) is 2.48. The van der Waals surface area contributed by atoms with Gasteiger partial charge in [-0.2, -0.15) is 0 Å². The van der Waals surface area contributed by atoms with Gasteiger partial charge in [-0.25, -0.2) is 0 Å². The van der Waals surface area contributed by atoms with Crippen LogP contribution in [0.4, 0.5) is 0 Å². The Balaban J connectivity index is 1.90. The number of aryl methyl sites for hydroxylation is 1. The van der Waals surface area contributed by atoms with Gasteiger partial charge in [0.2, 0.25) is 0 Å². The largest absolute Gasteiger partial charge is 0.329 e. The Labute approximate surface area is 128 Å². The minimum absolute atomic E-state index is 0.536. The van der Waals surface area contributed by atoms with Crippen molar-refractivity contribution >= 4 is 0 Å². The van der Waals surface area contributed by atoms with Crippen LogP contribution in [-0.4, -0.2) is 24.0 Å². The van der Waals surface area contributed by atoms with Gasteiger partial charge in [0.05, 0.1) is 0 Å². The molecule has 0 spiro atoms. The molecule has 0 amide bonds. The molecule has 112 valence electrons. The van der Waals surface area contributed by atoms with Gasteiger partial charge >= 0.3 is 0 Å². The predicted molar refractivity (Wildman–Crippen MR) is 90.1 cm³/mol. The fourth-order valence-electron chi connectivity index (χ4n) is 2.64. The van der Waals surface area contributed by atoms with Gasteiger partial charge in [0.1, 0.15) is 0 Å². The number of hydrogen-bond acceptors (Lipinski definition) is 2. The van der Waals surface area contributed by atoms with Crippen molar-refractivity contribution in [2.75, 3.05) is 13.1 Å². The third kappa shape index (κ3) is 5.33. The van der Waals surface area contributed by atoms with Crippen molar-refractivity contribution in [1.82, 2.24) is 4.90 Å². The molecule has 0 saturated carbocycles. The summed E-state index contributed by atoms with van der Waals surface area (Å²) in [5.74, 6) is 0. The number of rotatable bonds is 8. The Morgan fingerprint density at radius 1 is 0.905 bits per heavy atom. The summed E-state index contributed by atoms with van der Waals surface area (Å²) < 4.78 is 0. The molecule has 21 heavy (non-hydrogen) atoms. The van der Waals surface area contributed by atoms with E-state index < -0.39 is 0 Å². The van der Waals surface area contributed by atoms with Crippen molar-refractivity contribution in [3.63, 3.8) is 0 Å². The Morgan fingerprint density at radius 2 is 1.48 bits per heavy atom. The van der Waals surface area contributed by atoms with Crippen molar-refractivity contribution in [2.24, 2.45) is 5.73 Å². The minimum atomic E-state index is 0.536. The van der Waals surface area contributed by atoms with E-state index in [9.17, 15) is 0 Å². The Morgan fingerprint density at radius 3 is 2.05 bits per heavy atom. The van der Waals surface area contributed by atoms with Crippen LogP contribution in [0.2, 0.25) is 0 Å². The maximum atomic E-state index is 5.79. The van der Waals surface area contributed by atoms with Gasteiger partial charge in [-0.3, -0.25) is 4.90 Å². The second kappa shape index (κ2) is 8.60. The smallest absolute Gasteiger partial charge is 0.0237 e. The lowest BCUT2D eigenvalue weighted by Crippen LogP contribution is -2.36. The van der Waals surface area contributed by atoms with Crippen molar-refractivity contribution in [2.45, 2.75) is 32.4 Å². The van der Waals surface area contributed by atoms with Crippen LogP contribution in [0.1, 0.15) is 24.5 Å². The quantitative estimate of drug-likeness (QED) is 0.803. The summed E-state index contributed by atoms with van der Waals surface area (Å²) in [6.45, 7) is 4.95. The van der Waals surface area contributed by atoms with Crippen LogP contribution in [-0.2, 0) is 13.0 Å². The Kier molecular flexibility index (Phi) is 6.45. The fraction of sp³-hybridized carbons (Fsp3) is 0.368. The second-order valence-corrected chi connectivity index (χ2v) is 5.62. The summed E-state index contributed by atoms with van der Waals surface area (Å²) in [5.41, 5.74) is 8.56. The number of hydrogen-bond donors (Lipinski definition) is 1. The van der Waals surface area contributed by atoms with Crippen LogP contribution in [0.5, 0.6) is 0 Å². The third-order valence-electron chi connectivity index (χ3n) is 3.96. The van der Waals surface area contributed by atoms with Crippen molar-refractivity contribution in [3.05, 3.63) is 71.8 Å². The molecule has 2 nitrogen and oxygen atoms in total. The first kappa shape index (κ1) is 15.7. The molecule has 0 aliphatic heterocycles. The molecule has 0 bridgehead atoms. The highest BCUT2D eigenvalue weighted by molar-refractivity contribution is 5.16. The van der Waals surface area contributed by atoms with E-state index in [0.29, 0.717) is 12.6 Å². The van der Waals surface area contributed by atoms with Crippen LogP contribution in [0.3, 0.4) is 0 Å². The molecular weight excluding hydrogens is 256 g/mol.